The summed E-state index contributed by atoms with van der Waals surface area (Å²) in [6.07, 6.45) is -0.703. The number of hydrogen-bond acceptors (Lipinski definition) is 6. The number of rotatable bonds is 3. The number of likely N-dealkylation sites (tertiary alicyclic amines) is 1. The number of fused-ring (bicyclic) bond motifs is 1. The summed E-state index contributed by atoms with van der Waals surface area (Å²) in [4.78, 5) is 28.9. The summed E-state index contributed by atoms with van der Waals surface area (Å²) in [5, 5.41) is 10.4. The van der Waals surface area contributed by atoms with Crippen LogP contribution in [0.15, 0.2) is 30.3 Å². The number of esters is 1. The Balaban J connectivity index is 1.42. The minimum Gasteiger partial charge on any atom is -0.459 e. The quantitative estimate of drug-likeness (QED) is 0.639. The minimum atomic E-state index is -0.800. The van der Waals surface area contributed by atoms with E-state index >= 15 is 0 Å². The normalized spacial score (nSPS) is 34.0. The molecule has 4 unspecified atom stereocenters. The maximum Gasteiger partial charge on any atom is 0.410 e. The smallest absolute Gasteiger partial charge is 0.410 e. The van der Waals surface area contributed by atoms with Crippen molar-refractivity contribution in [1.82, 2.24) is 9.80 Å². The first-order valence-corrected chi connectivity index (χ1v) is 9.38. The van der Waals surface area contributed by atoms with Gasteiger partial charge in [-0.05, 0) is 26.3 Å². The van der Waals surface area contributed by atoms with Crippen LogP contribution in [0.5, 0.6) is 0 Å². The lowest BCUT2D eigenvalue weighted by atomic mass is 9.93. The van der Waals surface area contributed by atoms with Crippen molar-refractivity contribution in [2.75, 3.05) is 13.1 Å². The third-order valence-corrected chi connectivity index (χ3v) is 5.62. The van der Waals surface area contributed by atoms with Crippen LogP contribution < -0.4 is 0 Å². The van der Waals surface area contributed by atoms with E-state index < -0.39 is 23.3 Å². The first kappa shape index (κ1) is 18.3. The van der Waals surface area contributed by atoms with Crippen LogP contribution in [-0.4, -0.2) is 69.4 Å². The number of carbonyl (C=O) groups excluding carboxylic acids is 2. The Bertz CT molecular complexity index is 746. The molecule has 3 saturated heterocycles. The number of ether oxygens (including phenoxy) is 2. The molecule has 3 aliphatic heterocycles. The average Bonchev–Trinajstić information content (AvgIpc) is 3.15. The van der Waals surface area contributed by atoms with Gasteiger partial charge in [0, 0.05) is 19.5 Å². The molecule has 5 atom stereocenters. The molecule has 0 bridgehead atoms. The lowest BCUT2D eigenvalue weighted by molar-refractivity contribution is -0.159. The topological polar surface area (TPSA) is 79.1 Å². The van der Waals surface area contributed by atoms with E-state index in [-0.39, 0.29) is 24.7 Å². The molecule has 4 rings (SSSR count). The van der Waals surface area contributed by atoms with Crippen LogP contribution in [0, 0.1) is 0 Å². The summed E-state index contributed by atoms with van der Waals surface area (Å²) in [5.41, 5.74) is -0.468. The molecule has 7 nitrogen and oxygen atoms in total. The van der Waals surface area contributed by atoms with E-state index in [1.54, 1.807) is 4.90 Å². The summed E-state index contributed by atoms with van der Waals surface area (Å²) in [5.74, 6) is -0.305. The van der Waals surface area contributed by atoms with Crippen molar-refractivity contribution in [2.45, 2.75) is 63.1 Å². The molecule has 27 heavy (non-hydrogen) atoms. The number of aliphatic hydroxyl groups excluding tert-OH is 1. The molecule has 0 saturated carbocycles. The van der Waals surface area contributed by atoms with E-state index in [1.165, 1.54) is 0 Å². The van der Waals surface area contributed by atoms with E-state index in [2.05, 4.69) is 0 Å². The maximum absolute atomic E-state index is 12.8. The molecule has 3 aliphatic rings. The molecule has 1 amide bonds. The number of nitrogens with zero attached hydrogens (tertiary/aromatic N) is 2. The monoisotopic (exact) mass is 374 g/mol. The zero-order valence-electron chi connectivity index (χ0n) is 15.9. The predicted octanol–water partition coefficient (Wildman–Crippen LogP) is 1.54. The lowest BCUT2D eigenvalue weighted by Gasteiger charge is -2.34. The first-order valence-electron chi connectivity index (χ1n) is 9.38. The van der Waals surface area contributed by atoms with Crippen molar-refractivity contribution in [2.24, 2.45) is 0 Å². The standard InChI is InChI=1S/C20H26N2O5/c1-19(2,3)27-17(24)20-9-15(23)14-10-21(11-16(20)22(14)20)18(25)26-12-13-7-5-4-6-8-13/h4-8,14-16,23H,9-12H2,1-3H3/t14?,15?,16?,20-,22?/m0/s1. The number of piperazine rings is 1. The number of hydrogen-bond donors (Lipinski definition) is 1. The van der Waals surface area contributed by atoms with Gasteiger partial charge in [-0.2, -0.15) is 0 Å². The Morgan fingerprint density at radius 3 is 2.59 bits per heavy atom. The van der Waals surface area contributed by atoms with Gasteiger partial charge in [-0.15, -0.1) is 0 Å². The first-order chi connectivity index (χ1) is 12.7. The molecule has 0 aliphatic carbocycles. The SMILES string of the molecule is CC(C)(C)OC(=O)[C@]12CC(O)C3CN(C(=O)OCc4ccccc4)CC1N32. The van der Waals surface area contributed by atoms with Crippen molar-refractivity contribution in [3.8, 4) is 0 Å². The van der Waals surface area contributed by atoms with Crippen molar-refractivity contribution >= 4 is 12.1 Å². The molecule has 0 radical (unpaired) electrons. The number of carbonyl (C=O) groups is 2. The van der Waals surface area contributed by atoms with Crippen molar-refractivity contribution in [3.63, 3.8) is 0 Å². The van der Waals surface area contributed by atoms with E-state index in [9.17, 15) is 14.7 Å². The van der Waals surface area contributed by atoms with Gasteiger partial charge < -0.3 is 19.5 Å². The number of benzene rings is 1. The van der Waals surface area contributed by atoms with Crippen LogP contribution in [-0.2, 0) is 20.9 Å². The number of piperidine rings is 1. The average molecular weight is 374 g/mol. The molecule has 1 aromatic rings. The summed E-state index contributed by atoms with van der Waals surface area (Å²) >= 11 is 0. The van der Waals surface area contributed by atoms with E-state index in [0.29, 0.717) is 19.5 Å². The fraction of sp³-hybridized carbons (Fsp3) is 0.600. The van der Waals surface area contributed by atoms with Crippen LogP contribution >= 0.6 is 0 Å². The molecule has 3 fully saturated rings. The lowest BCUT2D eigenvalue weighted by Crippen LogP contribution is -2.52. The molecule has 1 N–H and O–H groups in total. The Hall–Kier alpha value is -2.12. The Labute approximate surface area is 158 Å². The van der Waals surface area contributed by atoms with Gasteiger partial charge in [0.05, 0.1) is 18.2 Å². The Morgan fingerprint density at radius 1 is 1.22 bits per heavy atom. The third-order valence-electron chi connectivity index (χ3n) is 5.62. The molecule has 3 heterocycles. The highest BCUT2D eigenvalue weighted by molar-refractivity contribution is 5.88. The van der Waals surface area contributed by atoms with Crippen LogP contribution in [0.3, 0.4) is 0 Å². The highest BCUT2D eigenvalue weighted by Gasteiger charge is 2.78. The molecular formula is C20H26N2O5. The van der Waals surface area contributed by atoms with E-state index in [0.717, 1.165) is 5.56 Å². The highest BCUT2D eigenvalue weighted by atomic mass is 16.6. The van der Waals surface area contributed by atoms with Crippen molar-refractivity contribution in [3.05, 3.63) is 35.9 Å². The molecule has 146 valence electrons. The fourth-order valence-electron chi connectivity index (χ4n) is 4.43. The largest absolute Gasteiger partial charge is 0.459 e. The van der Waals surface area contributed by atoms with Gasteiger partial charge >= 0.3 is 12.1 Å². The second kappa shape index (κ2) is 6.21. The van der Waals surface area contributed by atoms with Gasteiger partial charge in [0.2, 0.25) is 0 Å². The van der Waals surface area contributed by atoms with Crippen LogP contribution in [0.4, 0.5) is 4.79 Å². The van der Waals surface area contributed by atoms with Gasteiger partial charge in [0.15, 0.2) is 0 Å². The summed E-state index contributed by atoms with van der Waals surface area (Å²) in [7, 11) is 0. The summed E-state index contributed by atoms with van der Waals surface area (Å²) in [6.45, 7) is 6.47. The van der Waals surface area contributed by atoms with Crippen molar-refractivity contribution in [1.29, 1.82) is 0 Å². The molecule has 0 spiro atoms. The fourth-order valence-corrected chi connectivity index (χ4v) is 4.43. The van der Waals surface area contributed by atoms with E-state index in [4.69, 9.17) is 9.47 Å². The summed E-state index contributed by atoms with van der Waals surface area (Å²) < 4.78 is 11.0. The summed E-state index contributed by atoms with van der Waals surface area (Å²) in [6, 6.07) is 9.13. The van der Waals surface area contributed by atoms with Crippen LogP contribution in [0.25, 0.3) is 0 Å². The number of aliphatic hydroxyl groups is 1. The molecule has 1 aromatic carbocycles. The molecular weight excluding hydrogens is 348 g/mol. The van der Waals surface area contributed by atoms with Gasteiger partial charge in [-0.1, -0.05) is 30.3 Å². The van der Waals surface area contributed by atoms with Gasteiger partial charge in [0.25, 0.3) is 0 Å². The highest BCUT2D eigenvalue weighted by Crippen LogP contribution is 2.56. The van der Waals surface area contributed by atoms with Gasteiger partial charge in [0.1, 0.15) is 17.7 Å². The maximum atomic E-state index is 12.8. The minimum absolute atomic E-state index is 0.112. The predicted molar refractivity (Wildman–Crippen MR) is 96.8 cm³/mol. The van der Waals surface area contributed by atoms with Crippen LogP contribution in [0.2, 0.25) is 0 Å². The van der Waals surface area contributed by atoms with Crippen LogP contribution in [0.1, 0.15) is 32.8 Å². The Morgan fingerprint density at radius 2 is 1.93 bits per heavy atom. The number of amides is 1. The molecule has 0 aromatic heterocycles. The zero-order valence-corrected chi connectivity index (χ0v) is 15.9. The molecule has 7 heteroatoms. The van der Waals surface area contributed by atoms with Gasteiger partial charge in [-0.25, -0.2) is 9.59 Å². The van der Waals surface area contributed by atoms with Crippen molar-refractivity contribution < 1.29 is 24.2 Å². The zero-order chi connectivity index (χ0) is 19.4. The second-order valence-electron chi connectivity index (χ2n) is 8.63. The third kappa shape index (κ3) is 3.08. The second-order valence-corrected chi connectivity index (χ2v) is 8.63. The van der Waals surface area contributed by atoms with Gasteiger partial charge in [-0.3, -0.25) is 4.90 Å². The Kier molecular flexibility index (Phi) is 4.20. The van der Waals surface area contributed by atoms with E-state index in [1.807, 2.05) is 56.0 Å².